The number of aryl methyl sites for hydroxylation is 2. The molecule has 1 saturated carbocycles. The van der Waals surface area contributed by atoms with Crippen LogP contribution in [0.1, 0.15) is 59.4 Å². The van der Waals surface area contributed by atoms with Crippen molar-refractivity contribution < 1.29 is 4.79 Å². The molecule has 0 bridgehead atoms. The van der Waals surface area contributed by atoms with Gasteiger partial charge >= 0.3 is 0 Å². The Hall–Kier alpha value is -2.43. The van der Waals surface area contributed by atoms with Crippen molar-refractivity contribution in [3.8, 4) is 0 Å². The van der Waals surface area contributed by atoms with Gasteiger partial charge in [0.1, 0.15) is 5.69 Å². The summed E-state index contributed by atoms with van der Waals surface area (Å²) in [5, 5.41) is 6.37. The van der Waals surface area contributed by atoms with Gasteiger partial charge in [0.25, 0.3) is 5.91 Å². The van der Waals surface area contributed by atoms with Crippen LogP contribution in [0.3, 0.4) is 0 Å². The highest BCUT2D eigenvalue weighted by Crippen LogP contribution is 2.21. The van der Waals surface area contributed by atoms with Gasteiger partial charge in [0.15, 0.2) is 0 Å². The van der Waals surface area contributed by atoms with Gasteiger partial charge < -0.3 is 10.6 Å². The lowest BCUT2D eigenvalue weighted by atomic mass is 9.96. The van der Waals surface area contributed by atoms with Crippen LogP contribution in [0.2, 0.25) is 0 Å². The first-order valence-corrected chi connectivity index (χ1v) is 9.03. The molecule has 25 heavy (non-hydrogen) atoms. The molecule has 5 nitrogen and oxygen atoms in total. The maximum atomic E-state index is 12.6. The van der Waals surface area contributed by atoms with Gasteiger partial charge in [-0.2, -0.15) is 0 Å². The zero-order chi connectivity index (χ0) is 17.8. The number of benzene rings is 1. The van der Waals surface area contributed by atoms with E-state index in [2.05, 4.69) is 20.6 Å². The van der Waals surface area contributed by atoms with Crippen LogP contribution in [0.5, 0.6) is 0 Å². The van der Waals surface area contributed by atoms with E-state index in [1.807, 2.05) is 39.0 Å². The predicted octanol–water partition coefficient (Wildman–Crippen LogP) is 4.40. The van der Waals surface area contributed by atoms with E-state index in [-0.39, 0.29) is 5.91 Å². The fraction of sp³-hybridized carbons (Fsp3) is 0.450. The average Bonchev–Trinajstić information content (AvgIpc) is 2.59. The number of hydrogen-bond donors (Lipinski definition) is 2. The van der Waals surface area contributed by atoms with Crippen molar-refractivity contribution in [2.24, 2.45) is 0 Å². The number of aromatic nitrogens is 2. The number of anilines is 2. The number of hydrogen-bond acceptors (Lipinski definition) is 4. The summed E-state index contributed by atoms with van der Waals surface area (Å²) in [5.41, 5.74) is 4.23. The molecule has 1 aliphatic carbocycles. The van der Waals surface area contributed by atoms with Crippen LogP contribution in [0, 0.1) is 20.8 Å². The topological polar surface area (TPSA) is 66.9 Å². The molecule has 5 heteroatoms. The second kappa shape index (κ2) is 7.64. The molecule has 132 valence electrons. The lowest BCUT2D eigenvalue weighted by molar-refractivity contribution is 0.102. The number of nitrogens with zero attached hydrogens (tertiary/aromatic N) is 2. The molecule has 0 spiro atoms. The fourth-order valence-corrected chi connectivity index (χ4v) is 3.25. The first-order valence-electron chi connectivity index (χ1n) is 9.03. The van der Waals surface area contributed by atoms with Gasteiger partial charge in [0.2, 0.25) is 5.95 Å². The second-order valence-electron chi connectivity index (χ2n) is 6.90. The lowest BCUT2D eigenvalue weighted by Gasteiger charge is -2.23. The van der Waals surface area contributed by atoms with E-state index in [4.69, 9.17) is 0 Å². The second-order valence-corrected chi connectivity index (χ2v) is 6.90. The molecule has 0 aliphatic heterocycles. The molecule has 1 fully saturated rings. The normalized spacial score (nSPS) is 15.0. The van der Waals surface area contributed by atoms with Gasteiger partial charge in [-0.05, 0) is 56.9 Å². The molecule has 0 unspecified atom stereocenters. The molecule has 0 radical (unpaired) electrons. The van der Waals surface area contributed by atoms with E-state index < -0.39 is 0 Å². The van der Waals surface area contributed by atoms with Crippen molar-refractivity contribution in [3.05, 3.63) is 46.8 Å². The highest BCUT2D eigenvalue weighted by molar-refractivity contribution is 6.03. The highest BCUT2D eigenvalue weighted by Gasteiger charge is 2.17. The third-order valence-electron chi connectivity index (χ3n) is 4.88. The Kier molecular flexibility index (Phi) is 5.31. The summed E-state index contributed by atoms with van der Waals surface area (Å²) in [7, 11) is 0. The standard InChI is InChI=1S/C20H26N4O/c1-13-8-7-11-17(15(13)3)23-19(25)18-12-14(2)21-20(24-18)22-16-9-5-4-6-10-16/h7-8,11-12,16H,4-6,9-10H2,1-3H3,(H,23,25)(H,21,22,24). The largest absolute Gasteiger partial charge is 0.351 e. The first kappa shape index (κ1) is 17.4. The molecule has 0 atom stereocenters. The molecule has 2 aromatic rings. The van der Waals surface area contributed by atoms with Crippen LogP contribution < -0.4 is 10.6 Å². The predicted molar refractivity (Wildman–Crippen MR) is 101 cm³/mol. The van der Waals surface area contributed by atoms with Gasteiger partial charge in [-0.15, -0.1) is 0 Å². The number of carbonyl (C=O) groups excluding carboxylic acids is 1. The fourth-order valence-electron chi connectivity index (χ4n) is 3.25. The Morgan fingerprint density at radius 1 is 1.08 bits per heavy atom. The smallest absolute Gasteiger partial charge is 0.274 e. The maximum absolute atomic E-state index is 12.6. The summed E-state index contributed by atoms with van der Waals surface area (Å²) < 4.78 is 0. The van der Waals surface area contributed by atoms with E-state index >= 15 is 0 Å². The Morgan fingerprint density at radius 3 is 2.60 bits per heavy atom. The summed E-state index contributed by atoms with van der Waals surface area (Å²) in [6.45, 7) is 5.93. The van der Waals surface area contributed by atoms with Crippen LogP contribution in [-0.4, -0.2) is 21.9 Å². The molecule has 1 aromatic carbocycles. The molecular formula is C20H26N4O. The average molecular weight is 338 g/mol. The van der Waals surface area contributed by atoms with E-state index in [9.17, 15) is 4.79 Å². The van der Waals surface area contributed by atoms with E-state index in [1.165, 1.54) is 19.3 Å². The van der Waals surface area contributed by atoms with Crippen LogP contribution >= 0.6 is 0 Å². The van der Waals surface area contributed by atoms with E-state index in [0.29, 0.717) is 17.7 Å². The molecule has 0 saturated heterocycles. The molecule has 2 N–H and O–H groups in total. The molecular weight excluding hydrogens is 312 g/mol. The van der Waals surface area contributed by atoms with Crippen molar-refractivity contribution >= 4 is 17.5 Å². The van der Waals surface area contributed by atoms with Crippen LogP contribution in [0.25, 0.3) is 0 Å². The maximum Gasteiger partial charge on any atom is 0.274 e. The summed E-state index contributed by atoms with van der Waals surface area (Å²) in [4.78, 5) is 21.5. The highest BCUT2D eigenvalue weighted by atomic mass is 16.1. The van der Waals surface area contributed by atoms with Gasteiger partial charge in [-0.1, -0.05) is 31.4 Å². The van der Waals surface area contributed by atoms with Crippen LogP contribution in [0.4, 0.5) is 11.6 Å². The Bertz CT molecular complexity index is 766. The zero-order valence-electron chi connectivity index (χ0n) is 15.2. The molecule has 1 aromatic heterocycles. The number of nitrogens with one attached hydrogen (secondary N) is 2. The number of amides is 1. The van der Waals surface area contributed by atoms with Crippen molar-refractivity contribution in [2.75, 3.05) is 10.6 Å². The quantitative estimate of drug-likeness (QED) is 0.867. The lowest BCUT2D eigenvalue weighted by Crippen LogP contribution is -2.24. The van der Waals surface area contributed by atoms with E-state index in [1.54, 1.807) is 6.07 Å². The molecule has 3 rings (SSSR count). The first-order chi connectivity index (χ1) is 12.0. The monoisotopic (exact) mass is 338 g/mol. The van der Waals surface area contributed by atoms with Crippen LogP contribution in [0.15, 0.2) is 24.3 Å². The Balaban J connectivity index is 1.76. The van der Waals surface area contributed by atoms with Gasteiger partial charge in [-0.25, -0.2) is 9.97 Å². The van der Waals surface area contributed by atoms with Crippen molar-refractivity contribution in [1.29, 1.82) is 0 Å². The summed E-state index contributed by atoms with van der Waals surface area (Å²) in [6, 6.07) is 8.03. The van der Waals surface area contributed by atoms with Gasteiger partial charge in [-0.3, -0.25) is 4.79 Å². The Morgan fingerprint density at radius 2 is 1.84 bits per heavy atom. The number of carbonyl (C=O) groups is 1. The Labute approximate surface area is 149 Å². The summed E-state index contributed by atoms with van der Waals surface area (Å²) in [6.07, 6.45) is 6.06. The summed E-state index contributed by atoms with van der Waals surface area (Å²) in [5.74, 6) is 0.351. The van der Waals surface area contributed by atoms with Gasteiger partial charge in [0.05, 0.1) is 0 Å². The van der Waals surface area contributed by atoms with Gasteiger partial charge in [0, 0.05) is 17.4 Å². The van der Waals surface area contributed by atoms with Crippen molar-refractivity contribution in [2.45, 2.75) is 58.9 Å². The minimum atomic E-state index is -0.203. The van der Waals surface area contributed by atoms with Crippen molar-refractivity contribution in [1.82, 2.24) is 9.97 Å². The third kappa shape index (κ3) is 4.35. The van der Waals surface area contributed by atoms with Crippen molar-refractivity contribution in [3.63, 3.8) is 0 Å². The molecule has 1 aliphatic rings. The zero-order valence-corrected chi connectivity index (χ0v) is 15.2. The molecule has 1 heterocycles. The third-order valence-corrected chi connectivity index (χ3v) is 4.88. The SMILES string of the molecule is Cc1cc(C(=O)Nc2cccc(C)c2C)nc(NC2CCCCC2)n1. The van der Waals surface area contributed by atoms with E-state index in [0.717, 1.165) is 35.3 Å². The minimum Gasteiger partial charge on any atom is -0.351 e. The molecule has 1 amide bonds. The summed E-state index contributed by atoms with van der Waals surface area (Å²) >= 11 is 0. The van der Waals surface area contributed by atoms with Crippen LogP contribution in [-0.2, 0) is 0 Å². The minimum absolute atomic E-state index is 0.203. The number of rotatable bonds is 4.